The molecule has 6 nitrogen and oxygen atoms in total. The monoisotopic (exact) mass is 350 g/mol. The van der Waals surface area contributed by atoms with Crippen LogP contribution in [0.1, 0.15) is 18.1 Å². The van der Waals surface area contributed by atoms with Crippen LogP contribution in [0.4, 0.5) is 17.2 Å². The van der Waals surface area contributed by atoms with E-state index in [2.05, 4.69) is 22.2 Å². The lowest BCUT2D eigenvalue weighted by Crippen LogP contribution is -2.04. The van der Waals surface area contributed by atoms with E-state index in [1.807, 2.05) is 56.3 Å². The van der Waals surface area contributed by atoms with Crippen LogP contribution in [0.5, 0.6) is 17.4 Å². The maximum Gasteiger partial charge on any atom is 0.248 e. The van der Waals surface area contributed by atoms with Gasteiger partial charge in [0.15, 0.2) is 5.82 Å². The van der Waals surface area contributed by atoms with Gasteiger partial charge in [0, 0.05) is 0 Å². The van der Waals surface area contributed by atoms with Crippen molar-refractivity contribution in [3.05, 3.63) is 59.9 Å². The van der Waals surface area contributed by atoms with E-state index < -0.39 is 0 Å². The molecule has 0 spiro atoms. The highest BCUT2D eigenvalue weighted by molar-refractivity contribution is 5.74. The first-order valence-electron chi connectivity index (χ1n) is 8.43. The van der Waals surface area contributed by atoms with Gasteiger partial charge in [-0.2, -0.15) is 4.98 Å². The van der Waals surface area contributed by atoms with E-state index in [4.69, 9.17) is 15.2 Å². The first-order chi connectivity index (χ1) is 12.6. The van der Waals surface area contributed by atoms with Crippen LogP contribution in [0.25, 0.3) is 0 Å². The van der Waals surface area contributed by atoms with Crippen molar-refractivity contribution in [2.45, 2.75) is 20.8 Å². The Morgan fingerprint density at radius 2 is 1.85 bits per heavy atom. The summed E-state index contributed by atoms with van der Waals surface area (Å²) in [4.78, 5) is 8.38. The quantitative estimate of drug-likeness (QED) is 0.675. The predicted octanol–water partition coefficient (Wildman–Crippen LogP) is 4.61. The highest BCUT2D eigenvalue weighted by atomic mass is 16.5. The second kappa shape index (κ2) is 7.74. The molecule has 3 N–H and O–H groups in total. The molecule has 0 amide bonds. The Labute approximate surface area is 153 Å². The van der Waals surface area contributed by atoms with Gasteiger partial charge in [-0.1, -0.05) is 18.2 Å². The van der Waals surface area contributed by atoms with Crippen molar-refractivity contribution >= 4 is 17.2 Å². The molecule has 0 fully saturated rings. The molecule has 2 aromatic carbocycles. The number of nitrogens with zero attached hydrogens (tertiary/aromatic N) is 2. The zero-order valence-corrected chi connectivity index (χ0v) is 15.1. The van der Waals surface area contributed by atoms with Gasteiger partial charge in [-0.05, 0) is 56.2 Å². The van der Waals surface area contributed by atoms with Crippen molar-refractivity contribution in [3.63, 3.8) is 0 Å². The standard InChI is InChI=1S/C20H22N4O2/c1-4-25-17-8-6-5-7-16(17)24-19-18(21)20(23-12-22-19)26-15-10-9-13(2)14(3)11-15/h5-12H,4,21H2,1-3H3,(H,22,23,24). The minimum Gasteiger partial charge on any atom is -0.492 e. The molecule has 0 aliphatic heterocycles. The van der Waals surface area contributed by atoms with Crippen LogP contribution in [-0.2, 0) is 0 Å². The Morgan fingerprint density at radius 1 is 1.04 bits per heavy atom. The molecule has 1 aromatic heterocycles. The summed E-state index contributed by atoms with van der Waals surface area (Å²) >= 11 is 0. The average Bonchev–Trinajstić information content (AvgIpc) is 2.63. The largest absolute Gasteiger partial charge is 0.492 e. The van der Waals surface area contributed by atoms with E-state index in [1.165, 1.54) is 11.9 Å². The van der Waals surface area contributed by atoms with Gasteiger partial charge in [-0.25, -0.2) is 4.98 Å². The van der Waals surface area contributed by atoms with Crippen LogP contribution >= 0.6 is 0 Å². The number of nitrogens with one attached hydrogen (secondary N) is 1. The molecule has 1 heterocycles. The number of rotatable bonds is 6. The molecule has 0 aliphatic carbocycles. The van der Waals surface area contributed by atoms with Gasteiger partial charge in [0.1, 0.15) is 23.5 Å². The van der Waals surface area contributed by atoms with Gasteiger partial charge in [0.25, 0.3) is 0 Å². The van der Waals surface area contributed by atoms with Gasteiger partial charge in [0.05, 0.1) is 12.3 Å². The molecule has 134 valence electrons. The molecule has 0 aliphatic rings. The fourth-order valence-corrected chi connectivity index (χ4v) is 2.43. The summed E-state index contributed by atoms with van der Waals surface area (Å²) < 4.78 is 11.5. The van der Waals surface area contributed by atoms with Crippen LogP contribution in [0, 0.1) is 13.8 Å². The van der Waals surface area contributed by atoms with Gasteiger partial charge < -0.3 is 20.5 Å². The molecule has 0 radical (unpaired) electrons. The summed E-state index contributed by atoms with van der Waals surface area (Å²) in [5, 5.41) is 3.19. The lowest BCUT2D eigenvalue weighted by atomic mass is 10.1. The molecule has 3 rings (SSSR count). The molecule has 26 heavy (non-hydrogen) atoms. The number of benzene rings is 2. The smallest absolute Gasteiger partial charge is 0.248 e. The Kier molecular flexibility index (Phi) is 5.22. The minimum atomic E-state index is 0.305. The van der Waals surface area contributed by atoms with Crippen molar-refractivity contribution < 1.29 is 9.47 Å². The van der Waals surface area contributed by atoms with E-state index in [9.17, 15) is 0 Å². The van der Waals surface area contributed by atoms with Crippen LogP contribution < -0.4 is 20.5 Å². The number of anilines is 3. The number of hydrogen-bond donors (Lipinski definition) is 2. The summed E-state index contributed by atoms with van der Waals surface area (Å²) in [6, 6.07) is 13.4. The first kappa shape index (κ1) is 17.5. The normalized spacial score (nSPS) is 10.4. The average molecular weight is 350 g/mol. The van der Waals surface area contributed by atoms with Gasteiger partial charge in [0.2, 0.25) is 5.88 Å². The zero-order chi connectivity index (χ0) is 18.5. The number of aryl methyl sites for hydroxylation is 2. The Morgan fingerprint density at radius 3 is 2.62 bits per heavy atom. The van der Waals surface area contributed by atoms with Crippen LogP contribution in [0.3, 0.4) is 0 Å². The molecule has 3 aromatic rings. The third-order valence-electron chi connectivity index (χ3n) is 3.98. The molecular weight excluding hydrogens is 328 g/mol. The highest BCUT2D eigenvalue weighted by Crippen LogP contribution is 2.34. The Balaban J connectivity index is 1.86. The number of para-hydroxylation sites is 2. The number of aromatic nitrogens is 2. The fraction of sp³-hybridized carbons (Fsp3) is 0.200. The number of hydrogen-bond acceptors (Lipinski definition) is 6. The summed E-state index contributed by atoms with van der Waals surface area (Å²) in [7, 11) is 0. The van der Waals surface area contributed by atoms with Gasteiger partial charge in [-0.3, -0.25) is 0 Å². The maximum atomic E-state index is 6.22. The third-order valence-corrected chi connectivity index (χ3v) is 3.98. The SMILES string of the molecule is CCOc1ccccc1Nc1ncnc(Oc2ccc(C)c(C)c2)c1N. The lowest BCUT2D eigenvalue weighted by Gasteiger charge is -2.14. The Bertz CT molecular complexity index is 912. The van der Waals surface area contributed by atoms with Crippen LogP contribution in [0.2, 0.25) is 0 Å². The predicted molar refractivity (Wildman–Crippen MR) is 103 cm³/mol. The topological polar surface area (TPSA) is 82.3 Å². The minimum absolute atomic E-state index is 0.305. The summed E-state index contributed by atoms with van der Waals surface area (Å²) in [6.07, 6.45) is 1.42. The molecule has 6 heteroatoms. The van der Waals surface area contributed by atoms with Crippen molar-refractivity contribution in [3.8, 4) is 17.4 Å². The second-order valence-corrected chi connectivity index (χ2v) is 5.84. The zero-order valence-electron chi connectivity index (χ0n) is 15.1. The van der Waals surface area contributed by atoms with Gasteiger partial charge in [-0.15, -0.1) is 0 Å². The molecule has 0 atom stereocenters. The van der Waals surface area contributed by atoms with Crippen molar-refractivity contribution in [2.24, 2.45) is 0 Å². The number of nitrogens with two attached hydrogens (primary N) is 1. The van der Waals surface area contributed by atoms with Crippen molar-refractivity contribution in [1.29, 1.82) is 0 Å². The molecule has 0 unspecified atom stereocenters. The van der Waals surface area contributed by atoms with E-state index in [1.54, 1.807) is 0 Å². The Hall–Kier alpha value is -3.28. The number of nitrogen functional groups attached to an aromatic ring is 1. The summed E-state index contributed by atoms with van der Waals surface area (Å²) in [6.45, 7) is 6.59. The molecule has 0 saturated heterocycles. The van der Waals surface area contributed by atoms with Crippen LogP contribution in [0.15, 0.2) is 48.8 Å². The summed E-state index contributed by atoms with van der Waals surface area (Å²) in [5.41, 5.74) is 9.66. The molecular formula is C20H22N4O2. The molecule has 0 bridgehead atoms. The van der Waals surface area contributed by atoms with Gasteiger partial charge >= 0.3 is 0 Å². The first-order valence-corrected chi connectivity index (χ1v) is 8.43. The fourth-order valence-electron chi connectivity index (χ4n) is 2.43. The molecule has 0 saturated carbocycles. The second-order valence-electron chi connectivity index (χ2n) is 5.84. The van der Waals surface area contributed by atoms with E-state index in [-0.39, 0.29) is 0 Å². The highest BCUT2D eigenvalue weighted by Gasteiger charge is 2.13. The van der Waals surface area contributed by atoms with E-state index in [0.717, 1.165) is 17.0 Å². The number of ether oxygens (including phenoxy) is 2. The van der Waals surface area contributed by atoms with Crippen molar-refractivity contribution in [2.75, 3.05) is 17.7 Å². The lowest BCUT2D eigenvalue weighted by molar-refractivity contribution is 0.342. The summed E-state index contributed by atoms with van der Waals surface area (Å²) in [5.74, 6) is 2.18. The maximum absolute atomic E-state index is 6.22. The van der Waals surface area contributed by atoms with Crippen LogP contribution in [-0.4, -0.2) is 16.6 Å². The van der Waals surface area contributed by atoms with E-state index in [0.29, 0.717) is 29.7 Å². The van der Waals surface area contributed by atoms with Crippen molar-refractivity contribution in [1.82, 2.24) is 9.97 Å². The third kappa shape index (κ3) is 3.85. The van der Waals surface area contributed by atoms with E-state index >= 15 is 0 Å².